The van der Waals surface area contributed by atoms with Gasteiger partial charge in [0.05, 0.1) is 11.9 Å². The number of nitrogens with zero attached hydrogens (tertiary/aromatic N) is 2. The number of benzene rings is 2. The van der Waals surface area contributed by atoms with Crippen LogP contribution in [0, 0.1) is 5.92 Å². The number of carbonyl (C=O) groups excluding carboxylic acids is 1. The van der Waals surface area contributed by atoms with Crippen molar-refractivity contribution in [3.63, 3.8) is 0 Å². The highest BCUT2D eigenvalue weighted by atomic mass is 16.1. The monoisotopic (exact) mass is 386 g/mol. The van der Waals surface area contributed by atoms with Crippen LogP contribution in [0.5, 0.6) is 0 Å². The van der Waals surface area contributed by atoms with E-state index < -0.39 is 0 Å². The number of pyridine rings is 1. The molecular weight excluding hydrogens is 360 g/mol. The first kappa shape index (κ1) is 19.0. The maximum absolute atomic E-state index is 12.2. The van der Waals surface area contributed by atoms with Gasteiger partial charge in [-0.1, -0.05) is 25.1 Å². The molecular formula is C24H26N4O. The van der Waals surface area contributed by atoms with Crippen LogP contribution in [0.4, 0.5) is 22.9 Å². The van der Waals surface area contributed by atoms with Gasteiger partial charge in [0.25, 0.3) is 5.91 Å². The molecule has 5 nitrogen and oxygen atoms in total. The molecule has 0 atom stereocenters. The van der Waals surface area contributed by atoms with Crippen LogP contribution in [0.2, 0.25) is 0 Å². The third-order valence-electron chi connectivity index (χ3n) is 5.35. The standard InChI is InChI=1S/C24H26N4O/c1-18-13-15-28(16-14-18)22-10-7-20(8-11-22)26-23-12-9-21(17-25-23)27-24(29)19-5-3-2-4-6-19/h2-12,17-18H,13-16H2,1H3,(H,25,26)(H,27,29). The molecule has 0 bridgehead atoms. The highest BCUT2D eigenvalue weighted by molar-refractivity contribution is 6.04. The van der Waals surface area contributed by atoms with Gasteiger partial charge in [0, 0.05) is 30.0 Å². The fourth-order valence-electron chi connectivity index (χ4n) is 3.50. The number of hydrogen-bond donors (Lipinski definition) is 2. The van der Waals surface area contributed by atoms with E-state index in [0.717, 1.165) is 30.5 Å². The molecule has 2 aromatic carbocycles. The molecule has 0 saturated carbocycles. The Morgan fingerprint density at radius 1 is 0.931 bits per heavy atom. The lowest BCUT2D eigenvalue weighted by molar-refractivity contribution is 0.102. The van der Waals surface area contributed by atoms with Gasteiger partial charge in [0.1, 0.15) is 5.82 Å². The minimum atomic E-state index is -0.143. The van der Waals surface area contributed by atoms with Crippen molar-refractivity contribution in [3.05, 3.63) is 78.5 Å². The van der Waals surface area contributed by atoms with Crippen molar-refractivity contribution in [3.8, 4) is 0 Å². The number of rotatable bonds is 5. The van der Waals surface area contributed by atoms with Gasteiger partial charge in [0.2, 0.25) is 0 Å². The number of carbonyl (C=O) groups is 1. The Hall–Kier alpha value is -3.34. The average Bonchev–Trinajstić information content (AvgIpc) is 2.77. The summed E-state index contributed by atoms with van der Waals surface area (Å²) in [6.45, 7) is 4.59. The molecule has 0 radical (unpaired) electrons. The largest absolute Gasteiger partial charge is 0.372 e. The van der Waals surface area contributed by atoms with Crippen LogP contribution in [0.15, 0.2) is 72.9 Å². The maximum atomic E-state index is 12.2. The SMILES string of the molecule is CC1CCN(c2ccc(Nc3ccc(NC(=O)c4ccccc4)cn3)cc2)CC1. The molecule has 1 saturated heterocycles. The van der Waals surface area contributed by atoms with Crippen LogP contribution in [-0.2, 0) is 0 Å². The fraction of sp³-hybridized carbons (Fsp3) is 0.250. The summed E-state index contributed by atoms with van der Waals surface area (Å²) in [7, 11) is 0. The Bertz CT molecular complexity index is 931. The molecule has 2 N–H and O–H groups in total. The third kappa shape index (κ3) is 4.93. The van der Waals surface area contributed by atoms with Crippen LogP contribution in [0.1, 0.15) is 30.1 Å². The van der Waals surface area contributed by atoms with E-state index in [0.29, 0.717) is 11.3 Å². The molecule has 1 aromatic heterocycles. The van der Waals surface area contributed by atoms with E-state index in [2.05, 4.69) is 51.7 Å². The topological polar surface area (TPSA) is 57.3 Å². The summed E-state index contributed by atoms with van der Waals surface area (Å²) in [5.74, 6) is 1.43. The van der Waals surface area contributed by atoms with E-state index in [1.54, 1.807) is 18.3 Å². The van der Waals surface area contributed by atoms with E-state index in [9.17, 15) is 4.79 Å². The molecule has 1 amide bonds. The van der Waals surface area contributed by atoms with Crippen molar-refractivity contribution in [2.24, 2.45) is 5.92 Å². The Kier molecular flexibility index (Phi) is 5.75. The summed E-state index contributed by atoms with van der Waals surface area (Å²) in [5.41, 5.74) is 3.55. The van der Waals surface area contributed by atoms with Gasteiger partial charge in [0.15, 0.2) is 0 Å². The molecule has 1 fully saturated rings. The lowest BCUT2D eigenvalue weighted by Crippen LogP contribution is -2.32. The number of anilines is 4. The Morgan fingerprint density at radius 3 is 2.28 bits per heavy atom. The summed E-state index contributed by atoms with van der Waals surface area (Å²) in [6, 6.07) is 21.3. The number of aromatic nitrogens is 1. The highest BCUT2D eigenvalue weighted by Crippen LogP contribution is 2.25. The van der Waals surface area contributed by atoms with Crippen molar-refractivity contribution in [1.82, 2.24) is 4.98 Å². The van der Waals surface area contributed by atoms with E-state index >= 15 is 0 Å². The number of amides is 1. The molecule has 0 aliphatic carbocycles. The van der Waals surface area contributed by atoms with Crippen LogP contribution < -0.4 is 15.5 Å². The van der Waals surface area contributed by atoms with E-state index in [1.165, 1.54) is 18.5 Å². The Balaban J connectivity index is 1.34. The normalized spacial score (nSPS) is 14.4. The molecule has 0 spiro atoms. The first-order valence-corrected chi connectivity index (χ1v) is 10.1. The molecule has 1 aliphatic heterocycles. The second kappa shape index (κ2) is 8.78. The lowest BCUT2D eigenvalue weighted by Gasteiger charge is -2.32. The van der Waals surface area contributed by atoms with Crippen LogP contribution in [0.3, 0.4) is 0 Å². The van der Waals surface area contributed by atoms with Crippen LogP contribution >= 0.6 is 0 Å². The zero-order valence-electron chi connectivity index (χ0n) is 16.6. The van der Waals surface area contributed by atoms with E-state index in [4.69, 9.17) is 0 Å². The maximum Gasteiger partial charge on any atom is 0.255 e. The summed E-state index contributed by atoms with van der Waals surface area (Å²) >= 11 is 0. The van der Waals surface area contributed by atoms with Gasteiger partial charge in [-0.3, -0.25) is 4.79 Å². The first-order valence-electron chi connectivity index (χ1n) is 10.1. The summed E-state index contributed by atoms with van der Waals surface area (Å²) in [4.78, 5) is 19.1. The Morgan fingerprint density at radius 2 is 1.62 bits per heavy atom. The molecule has 4 rings (SSSR count). The molecule has 29 heavy (non-hydrogen) atoms. The predicted molar refractivity (Wildman–Crippen MR) is 119 cm³/mol. The summed E-state index contributed by atoms with van der Waals surface area (Å²) in [6.07, 6.45) is 4.18. The number of hydrogen-bond acceptors (Lipinski definition) is 4. The molecule has 1 aliphatic rings. The molecule has 0 unspecified atom stereocenters. The number of nitrogens with one attached hydrogen (secondary N) is 2. The highest BCUT2D eigenvalue weighted by Gasteiger charge is 2.15. The van der Waals surface area contributed by atoms with Crippen molar-refractivity contribution in [2.75, 3.05) is 28.6 Å². The van der Waals surface area contributed by atoms with Crippen LogP contribution in [0.25, 0.3) is 0 Å². The minimum Gasteiger partial charge on any atom is -0.372 e. The average molecular weight is 386 g/mol. The second-order valence-electron chi connectivity index (χ2n) is 7.59. The molecule has 3 aromatic rings. The zero-order chi connectivity index (χ0) is 20.1. The minimum absolute atomic E-state index is 0.143. The van der Waals surface area contributed by atoms with Gasteiger partial charge < -0.3 is 15.5 Å². The third-order valence-corrected chi connectivity index (χ3v) is 5.35. The van der Waals surface area contributed by atoms with E-state index in [1.807, 2.05) is 30.3 Å². The van der Waals surface area contributed by atoms with E-state index in [-0.39, 0.29) is 5.91 Å². The predicted octanol–water partition coefficient (Wildman–Crippen LogP) is 5.31. The lowest BCUT2D eigenvalue weighted by atomic mass is 9.99. The van der Waals surface area contributed by atoms with Crippen molar-refractivity contribution in [2.45, 2.75) is 19.8 Å². The van der Waals surface area contributed by atoms with Crippen LogP contribution in [-0.4, -0.2) is 24.0 Å². The van der Waals surface area contributed by atoms with Gasteiger partial charge in [-0.15, -0.1) is 0 Å². The quantitative estimate of drug-likeness (QED) is 0.624. The molecule has 5 heteroatoms. The zero-order valence-corrected chi connectivity index (χ0v) is 16.6. The van der Waals surface area contributed by atoms with Crippen molar-refractivity contribution in [1.29, 1.82) is 0 Å². The van der Waals surface area contributed by atoms with Crippen molar-refractivity contribution < 1.29 is 4.79 Å². The van der Waals surface area contributed by atoms with Gasteiger partial charge in [-0.05, 0) is 67.3 Å². The second-order valence-corrected chi connectivity index (χ2v) is 7.59. The smallest absolute Gasteiger partial charge is 0.255 e. The molecule has 148 valence electrons. The summed E-state index contributed by atoms with van der Waals surface area (Å²) < 4.78 is 0. The summed E-state index contributed by atoms with van der Waals surface area (Å²) in [5, 5.41) is 6.17. The van der Waals surface area contributed by atoms with Gasteiger partial charge in [-0.25, -0.2) is 4.98 Å². The van der Waals surface area contributed by atoms with Crippen molar-refractivity contribution >= 4 is 28.8 Å². The van der Waals surface area contributed by atoms with Gasteiger partial charge in [-0.2, -0.15) is 0 Å². The fourth-order valence-corrected chi connectivity index (χ4v) is 3.50. The molecule has 2 heterocycles. The van der Waals surface area contributed by atoms with Gasteiger partial charge >= 0.3 is 0 Å². The Labute approximate surface area is 171 Å². The number of piperidine rings is 1. The first-order chi connectivity index (χ1) is 14.2.